The van der Waals surface area contributed by atoms with Gasteiger partial charge in [0.05, 0.1) is 12.0 Å². The first kappa shape index (κ1) is 20.6. The zero-order valence-electron chi connectivity index (χ0n) is 15.8. The minimum atomic E-state index is -3.85. The average Bonchev–Trinajstić information content (AvgIpc) is 2.69. The van der Waals surface area contributed by atoms with Gasteiger partial charge in [0.15, 0.2) is 17.5 Å². The van der Waals surface area contributed by atoms with Gasteiger partial charge in [-0.3, -0.25) is 4.79 Å². The summed E-state index contributed by atoms with van der Waals surface area (Å²) in [6, 6.07) is 6.35. The van der Waals surface area contributed by atoms with E-state index in [9.17, 15) is 26.7 Å². The van der Waals surface area contributed by atoms with Crippen LogP contribution in [0.5, 0.6) is 5.75 Å². The molecular weight excluding hydrogens is 407 g/mol. The lowest BCUT2D eigenvalue weighted by Gasteiger charge is -2.37. The monoisotopic (exact) mass is 426 g/mol. The fourth-order valence-corrected chi connectivity index (χ4v) is 4.16. The van der Waals surface area contributed by atoms with Crippen LogP contribution in [0.4, 0.5) is 22.0 Å². The van der Waals surface area contributed by atoms with E-state index >= 15 is 0 Å². The third-order valence-corrected chi connectivity index (χ3v) is 5.87. The zero-order valence-corrected chi connectivity index (χ0v) is 15.8. The van der Waals surface area contributed by atoms with E-state index in [1.165, 1.54) is 12.1 Å². The van der Waals surface area contributed by atoms with Gasteiger partial charge >= 0.3 is 12.1 Å². The molecule has 2 fully saturated rings. The molecule has 30 heavy (non-hydrogen) atoms. The van der Waals surface area contributed by atoms with Crippen LogP contribution in [0.25, 0.3) is 0 Å². The van der Waals surface area contributed by atoms with Gasteiger partial charge in [-0.15, -0.1) is 0 Å². The van der Waals surface area contributed by atoms with Gasteiger partial charge in [0.1, 0.15) is 11.9 Å². The van der Waals surface area contributed by atoms with Crippen molar-refractivity contribution in [1.29, 1.82) is 0 Å². The topological polar surface area (TPSA) is 35.5 Å². The van der Waals surface area contributed by atoms with Crippen molar-refractivity contribution >= 4 is 5.97 Å². The largest absolute Gasteiger partial charge is 0.461 e. The van der Waals surface area contributed by atoms with E-state index in [0.29, 0.717) is 24.5 Å². The Morgan fingerprint density at radius 2 is 1.50 bits per heavy atom. The number of hydrogen-bond acceptors (Lipinski definition) is 3. The highest BCUT2D eigenvalue weighted by Crippen LogP contribution is 2.41. The molecule has 2 aromatic carbocycles. The lowest BCUT2D eigenvalue weighted by molar-refractivity contribution is -0.185. The second-order valence-electron chi connectivity index (χ2n) is 7.79. The van der Waals surface area contributed by atoms with Crippen molar-refractivity contribution in [3.8, 4) is 5.75 Å². The Kier molecular flexibility index (Phi) is 5.42. The van der Waals surface area contributed by atoms with Crippen LogP contribution in [0.15, 0.2) is 36.4 Å². The molecule has 1 unspecified atom stereocenters. The number of hydrogen-bond donors (Lipinski definition) is 0. The average molecular weight is 426 g/mol. The molecule has 0 bridgehead atoms. The summed E-state index contributed by atoms with van der Waals surface area (Å²) in [5.74, 6) is -5.36. The molecule has 1 aliphatic carbocycles. The van der Waals surface area contributed by atoms with Gasteiger partial charge in [-0.05, 0) is 55.2 Å². The SMILES string of the molecule is O=C1CC(C2CCC(c3ccc(C(F)(F)Oc4cc(F)c(F)c(F)c4)cc3)CC2)O1. The molecule has 0 radical (unpaired) electrons. The van der Waals surface area contributed by atoms with Crippen molar-refractivity contribution in [3.05, 3.63) is 65.0 Å². The fraction of sp³-hybridized carbons (Fsp3) is 0.409. The lowest BCUT2D eigenvalue weighted by atomic mass is 9.75. The third kappa shape index (κ3) is 4.13. The molecule has 1 atom stereocenters. The highest BCUT2D eigenvalue weighted by molar-refractivity contribution is 5.75. The van der Waals surface area contributed by atoms with Gasteiger partial charge < -0.3 is 9.47 Å². The summed E-state index contributed by atoms with van der Waals surface area (Å²) in [4.78, 5) is 11.0. The van der Waals surface area contributed by atoms with Crippen molar-refractivity contribution in [2.24, 2.45) is 5.92 Å². The number of benzene rings is 2. The Morgan fingerprint density at radius 3 is 2.03 bits per heavy atom. The fourth-order valence-electron chi connectivity index (χ4n) is 4.16. The molecule has 1 saturated heterocycles. The van der Waals surface area contributed by atoms with Crippen molar-refractivity contribution < 1.29 is 36.2 Å². The van der Waals surface area contributed by atoms with Crippen molar-refractivity contribution in [2.75, 3.05) is 0 Å². The number of alkyl halides is 2. The number of halogens is 5. The summed E-state index contributed by atoms with van der Waals surface area (Å²) < 4.78 is 77.8. The Balaban J connectivity index is 1.39. The number of esters is 1. The summed E-state index contributed by atoms with van der Waals surface area (Å²) in [5, 5.41) is 0. The van der Waals surface area contributed by atoms with Crippen LogP contribution in [0.2, 0.25) is 0 Å². The first-order chi connectivity index (χ1) is 14.2. The van der Waals surface area contributed by atoms with E-state index in [2.05, 4.69) is 4.74 Å². The maximum atomic E-state index is 14.4. The van der Waals surface area contributed by atoms with Crippen LogP contribution < -0.4 is 4.74 Å². The maximum absolute atomic E-state index is 14.4. The second kappa shape index (κ2) is 7.89. The van der Waals surface area contributed by atoms with Crippen molar-refractivity contribution in [2.45, 2.75) is 50.2 Å². The Morgan fingerprint density at radius 1 is 0.933 bits per heavy atom. The molecule has 3 nitrogen and oxygen atoms in total. The Hall–Kier alpha value is -2.64. The van der Waals surface area contributed by atoms with Crippen LogP contribution in [-0.2, 0) is 15.6 Å². The number of carbonyl (C=O) groups is 1. The van der Waals surface area contributed by atoms with Crippen LogP contribution >= 0.6 is 0 Å². The van der Waals surface area contributed by atoms with Crippen LogP contribution in [0, 0.1) is 23.4 Å². The van der Waals surface area contributed by atoms with Gasteiger partial charge in [0.2, 0.25) is 0 Å². The molecule has 1 aliphatic heterocycles. The number of rotatable bonds is 5. The number of ether oxygens (including phenoxy) is 2. The predicted octanol–water partition coefficient (Wildman–Crippen LogP) is 5.82. The van der Waals surface area contributed by atoms with Gasteiger partial charge in [-0.2, -0.15) is 8.78 Å². The first-order valence-corrected chi connectivity index (χ1v) is 9.74. The van der Waals surface area contributed by atoms with Crippen molar-refractivity contribution in [3.63, 3.8) is 0 Å². The quantitative estimate of drug-likeness (QED) is 0.343. The molecule has 4 rings (SSSR count). The van der Waals surface area contributed by atoms with Gasteiger partial charge in [0.25, 0.3) is 0 Å². The van der Waals surface area contributed by atoms with E-state index < -0.39 is 34.9 Å². The van der Waals surface area contributed by atoms with E-state index in [1.807, 2.05) is 0 Å². The smallest absolute Gasteiger partial charge is 0.426 e. The lowest BCUT2D eigenvalue weighted by Crippen LogP contribution is -2.40. The molecule has 1 heterocycles. The van der Waals surface area contributed by atoms with E-state index in [-0.39, 0.29) is 18.0 Å². The standard InChI is InChI=1S/C22H19F5O3/c23-17-9-16(10-18(24)21(17)25)30-22(26,27)15-7-5-13(6-8-15)12-1-3-14(4-2-12)19-11-20(28)29-19/h5-10,12,14,19H,1-4,11H2. The van der Waals surface area contributed by atoms with Crippen LogP contribution in [0.1, 0.15) is 49.1 Å². The zero-order chi connectivity index (χ0) is 21.5. The number of carbonyl (C=O) groups excluding carboxylic acids is 1. The van der Waals surface area contributed by atoms with Crippen molar-refractivity contribution in [1.82, 2.24) is 0 Å². The first-order valence-electron chi connectivity index (χ1n) is 9.74. The van der Waals surface area contributed by atoms with Crippen LogP contribution in [-0.4, -0.2) is 12.1 Å². The predicted molar refractivity (Wildman–Crippen MR) is 96.5 cm³/mol. The normalized spacial score (nSPS) is 24.2. The molecule has 0 N–H and O–H groups in total. The number of cyclic esters (lactones) is 1. The van der Waals surface area contributed by atoms with Gasteiger partial charge in [-0.25, -0.2) is 13.2 Å². The van der Waals surface area contributed by atoms with E-state index in [4.69, 9.17) is 4.74 Å². The Labute approximate surface area is 169 Å². The molecule has 0 amide bonds. The molecule has 8 heteroatoms. The van der Waals surface area contributed by atoms with Gasteiger partial charge in [-0.1, -0.05) is 12.1 Å². The third-order valence-electron chi connectivity index (χ3n) is 5.87. The minimum absolute atomic E-state index is 0.0119. The second-order valence-corrected chi connectivity index (χ2v) is 7.79. The summed E-state index contributed by atoms with van der Waals surface area (Å²) in [6.07, 6.45) is 0.203. The molecule has 0 aromatic heterocycles. The summed E-state index contributed by atoms with van der Waals surface area (Å²) in [6.45, 7) is 0. The summed E-state index contributed by atoms with van der Waals surface area (Å²) in [5.41, 5.74) is 0.434. The molecule has 2 aromatic rings. The molecule has 1 saturated carbocycles. The summed E-state index contributed by atoms with van der Waals surface area (Å²) >= 11 is 0. The highest BCUT2D eigenvalue weighted by Gasteiger charge is 2.38. The molecular formula is C22H19F5O3. The maximum Gasteiger partial charge on any atom is 0.426 e. The van der Waals surface area contributed by atoms with E-state index in [0.717, 1.165) is 31.2 Å². The van der Waals surface area contributed by atoms with Gasteiger partial charge in [0, 0.05) is 12.1 Å². The molecule has 0 spiro atoms. The minimum Gasteiger partial charge on any atom is -0.461 e. The molecule has 2 aliphatic rings. The summed E-state index contributed by atoms with van der Waals surface area (Å²) in [7, 11) is 0. The Bertz CT molecular complexity index is 905. The molecule has 160 valence electrons. The van der Waals surface area contributed by atoms with E-state index in [1.54, 1.807) is 12.1 Å². The highest BCUT2D eigenvalue weighted by atomic mass is 19.3. The van der Waals surface area contributed by atoms with Crippen LogP contribution in [0.3, 0.4) is 0 Å².